The first kappa shape index (κ1) is 15.9. The summed E-state index contributed by atoms with van der Waals surface area (Å²) >= 11 is 0. The Kier molecular flexibility index (Phi) is 2.53. The topological polar surface area (TPSA) is 80.9 Å². The minimum atomic E-state index is -0.708. The third-order valence-electron chi connectivity index (χ3n) is 10.9. The molecule has 0 aliphatic heterocycles. The highest BCUT2D eigenvalue weighted by molar-refractivity contribution is 5.41. The van der Waals surface area contributed by atoms with Gasteiger partial charge in [0.2, 0.25) is 0 Å². The molecule has 4 N–H and O–H groups in total. The van der Waals surface area contributed by atoms with Gasteiger partial charge in [0.1, 0.15) is 0 Å². The van der Waals surface area contributed by atoms with Crippen molar-refractivity contribution in [1.29, 1.82) is 0 Å². The summed E-state index contributed by atoms with van der Waals surface area (Å²) in [5.74, 6) is 2.28. The number of fused-ring (bicyclic) bond motifs is 11. The predicted octanol–water partition coefficient (Wildman–Crippen LogP) is 1.69. The van der Waals surface area contributed by atoms with E-state index in [2.05, 4.69) is 13.8 Å². The Balaban J connectivity index is 1.44. The Morgan fingerprint density at radius 2 is 1.72 bits per heavy atom. The summed E-state index contributed by atoms with van der Waals surface area (Å²) in [5, 5.41) is 43.2. The summed E-state index contributed by atoms with van der Waals surface area (Å²) in [5.41, 5.74) is -1.75. The van der Waals surface area contributed by atoms with E-state index in [1.807, 2.05) is 0 Å². The molecule has 4 nitrogen and oxygen atoms in total. The maximum atomic E-state index is 11.7. The molecule has 0 heterocycles. The third-order valence-corrected chi connectivity index (χ3v) is 10.9. The van der Waals surface area contributed by atoms with Crippen molar-refractivity contribution in [3.05, 3.63) is 0 Å². The molecule has 0 aromatic carbocycles. The lowest BCUT2D eigenvalue weighted by Gasteiger charge is -2.69. The maximum absolute atomic E-state index is 11.7. The summed E-state index contributed by atoms with van der Waals surface area (Å²) in [6.45, 7) is 4.67. The highest BCUT2D eigenvalue weighted by Crippen LogP contribution is 2.90. The second-order valence-electron chi connectivity index (χ2n) is 11.2. The van der Waals surface area contributed by atoms with Crippen LogP contribution in [0, 0.1) is 45.8 Å². The fourth-order valence-corrected chi connectivity index (χ4v) is 9.60. The first-order valence-electron chi connectivity index (χ1n) is 10.4. The van der Waals surface area contributed by atoms with Crippen LogP contribution < -0.4 is 0 Å². The fourth-order valence-electron chi connectivity index (χ4n) is 9.60. The molecule has 0 saturated heterocycles. The summed E-state index contributed by atoms with van der Waals surface area (Å²) < 4.78 is 0. The molecule has 0 aromatic heterocycles. The lowest BCUT2D eigenvalue weighted by molar-refractivity contribution is -0.283. The normalized spacial score (nSPS) is 72.2. The number of aliphatic hydroxyl groups is 4. The minimum absolute atomic E-state index is 0.0377. The molecule has 6 aliphatic rings. The summed E-state index contributed by atoms with van der Waals surface area (Å²) in [4.78, 5) is 0. The van der Waals surface area contributed by atoms with Crippen molar-refractivity contribution in [2.24, 2.45) is 45.8 Å². The van der Waals surface area contributed by atoms with E-state index in [1.165, 1.54) is 0 Å². The van der Waals surface area contributed by atoms with E-state index in [0.29, 0.717) is 36.0 Å². The largest absolute Gasteiger partial charge is 0.396 e. The fraction of sp³-hybridized carbons (Fsp3) is 1.00. The number of aliphatic hydroxyl groups excluding tert-OH is 2. The van der Waals surface area contributed by atoms with Gasteiger partial charge < -0.3 is 20.4 Å². The van der Waals surface area contributed by atoms with Crippen molar-refractivity contribution in [2.75, 3.05) is 6.61 Å². The lowest BCUT2D eigenvalue weighted by atomic mass is 9.36. The van der Waals surface area contributed by atoms with E-state index in [0.717, 1.165) is 38.5 Å². The Labute approximate surface area is 149 Å². The van der Waals surface area contributed by atoms with Crippen LogP contribution >= 0.6 is 0 Å². The molecule has 0 amide bonds. The van der Waals surface area contributed by atoms with Gasteiger partial charge in [-0.15, -0.1) is 0 Å². The van der Waals surface area contributed by atoms with Crippen LogP contribution in [0.25, 0.3) is 0 Å². The van der Waals surface area contributed by atoms with Gasteiger partial charge in [-0.1, -0.05) is 13.8 Å². The molecule has 25 heavy (non-hydrogen) atoms. The lowest BCUT2D eigenvalue weighted by Crippen LogP contribution is -2.71. The van der Waals surface area contributed by atoms with Gasteiger partial charge >= 0.3 is 0 Å². The zero-order chi connectivity index (χ0) is 17.6. The van der Waals surface area contributed by atoms with Gasteiger partial charge in [-0.2, -0.15) is 0 Å². The standard InChI is InChI=1S/C21H32O4/c1-17-5-3-11(23)8-20(17,24)14-7-12(14)15-13(17)4-6-18(2)16(15)19(10-22)9-21(18,19)25/h11-16,22-25H,3-10H2,1-2H3/t11-,12?,13?,14+,15?,16?,17+,18-,19?,20+,21+/m0/s1. The van der Waals surface area contributed by atoms with Crippen molar-refractivity contribution in [1.82, 2.24) is 0 Å². The van der Waals surface area contributed by atoms with Crippen LogP contribution in [0.2, 0.25) is 0 Å². The highest BCUT2D eigenvalue weighted by Gasteiger charge is 2.92. The molecule has 6 saturated carbocycles. The summed E-state index contributed by atoms with van der Waals surface area (Å²) in [6, 6.07) is 0. The molecular formula is C21H32O4. The second-order valence-corrected chi connectivity index (χ2v) is 11.2. The Bertz CT molecular complexity index is 666. The molecule has 11 atom stereocenters. The average molecular weight is 348 g/mol. The van der Waals surface area contributed by atoms with E-state index < -0.39 is 11.2 Å². The van der Waals surface area contributed by atoms with Crippen LogP contribution in [0.1, 0.15) is 58.8 Å². The van der Waals surface area contributed by atoms with Crippen LogP contribution in [-0.2, 0) is 0 Å². The SMILES string of the molecule is C[C@]12CCC3C(C4C[C@H]4[C@]4(O)C[C@@H](O)CC[C@]34C)C1C1(CO)C[C@]12O. The Hall–Kier alpha value is -0.160. The molecule has 0 aromatic rings. The van der Waals surface area contributed by atoms with Crippen molar-refractivity contribution in [3.8, 4) is 0 Å². The Morgan fingerprint density at radius 3 is 2.44 bits per heavy atom. The molecule has 140 valence electrons. The third kappa shape index (κ3) is 1.32. The Morgan fingerprint density at radius 1 is 1.00 bits per heavy atom. The summed E-state index contributed by atoms with van der Waals surface area (Å²) in [6.07, 6.45) is 5.86. The maximum Gasteiger partial charge on any atom is 0.0793 e. The van der Waals surface area contributed by atoms with Crippen LogP contribution in [-0.4, -0.2) is 44.3 Å². The number of hydrogen-bond donors (Lipinski definition) is 4. The smallest absolute Gasteiger partial charge is 0.0793 e. The molecule has 6 aliphatic carbocycles. The van der Waals surface area contributed by atoms with E-state index in [9.17, 15) is 20.4 Å². The summed E-state index contributed by atoms with van der Waals surface area (Å²) in [7, 11) is 0. The van der Waals surface area contributed by atoms with Crippen molar-refractivity contribution in [2.45, 2.75) is 76.1 Å². The number of rotatable bonds is 1. The van der Waals surface area contributed by atoms with E-state index in [4.69, 9.17) is 0 Å². The van der Waals surface area contributed by atoms with Gasteiger partial charge in [-0.25, -0.2) is 0 Å². The molecular weight excluding hydrogens is 316 g/mol. The van der Waals surface area contributed by atoms with Gasteiger partial charge in [0.05, 0.1) is 23.9 Å². The molecule has 0 spiro atoms. The van der Waals surface area contributed by atoms with E-state index >= 15 is 0 Å². The quantitative estimate of drug-likeness (QED) is 0.581. The van der Waals surface area contributed by atoms with Gasteiger partial charge in [0.25, 0.3) is 0 Å². The zero-order valence-electron chi connectivity index (χ0n) is 15.4. The van der Waals surface area contributed by atoms with E-state index in [-0.39, 0.29) is 29.0 Å². The zero-order valence-corrected chi connectivity index (χ0v) is 15.4. The second kappa shape index (κ2) is 3.99. The van der Waals surface area contributed by atoms with Crippen molar-refractivity contribution in [3.63, 3.8) is 0 Å². The first-order chi connectivity index (χ1) is 11.7. The molecule has 0 radical (unpaired) electrons. The predicted molar refractivity (Wildman–Crippen MR) is 91.4 cm³/mol. The van der Waals surface area contributed by atoms with Crippen LogP contribution in [0.3, 0.4) is 0 Å². The van der Waals surface area contributed by atoms with Gasteiger partial charge in [-0.05, 0) is 73.5 Å². The average Bonchev–Trinajstić information content (AvgIpc) is 3.44. The first-order valence-corrected chi connectivity index (χ1v) is 10.4. The van der Waals surface area contributed by atoms with Crippen molar-refractivity contribution >= 4 is 0 Å². The monoisotopic (exact) mass is 348 g/mol. The number of hydrogen-bond acceptors (Lipinski definition) is 4. The molecule has 6 rings (SSSR count). The van der Waals surface area contributed by atoms with Crippen LogP contribution in [0.15, 0.2) is 0 Å². The van der Waals surface area contributed by atoms with Crippen LogP contribution in [0.4, 0.5) is 0 Å². The van der Waals surface area contributed by atoms with Gasteiger partial charge in [-0.3, -0.25) is 0 Å². The highest BCUT2D eigenvalue weighted by atomic mass is 16.3. The molecule has 0 bridgehead atoms. The minimum Gasteiger partial charge on any atom is -0.396 e. The van der Waals surface area contributed by atoms with E-state index in [1.54, 1.807) is 0 Å². The molecule has 4 heteroatoms. The molecule has 5 unspecified atom stereocenters. The van der Waals surface area contributed by atoms with Crippen molar-refractivity contribution < 1.29 is 20.4 Å². The molecule has 6 fully saturated rings. The van der Waals surface area contributed by atoms with Gasteiger partial charge in [0.15, 0.2) is 0 Å². The van der Waals surface area contributed by atoms with Crippen LogP contribution in [0.5, 0.6) is 0 Å². The van der Waals surface area contributed by atoms with Gasteiger partial charge in [0, 0.05) is 17.3 Å².